The predicted octanol–water partition coefficient (Wildman–Crippen LogP) is 4.26. The van der Waals surface area contributed by atoms with Gasteiger partial charge in [-0.2, -0.15) is 4.98 Å². The maximum atomic E-state index is 12.8. The van der Waals surface area contributed by atoms with Gasteiger partial charge in [-0.05, 0) is 38.0 Å². The fourth-order valence-corrected chi connectivity index (χ4v) is 3.93. The SMILES string of the molecule is CC(/C=C/S(C)(=O)=O)NC(=O)c1cnc(C2CCCC2)nc1Oc1cccc(Cl)c1. The van der Waals surface area contributed by atoms with E-state index in [4.69, 9.17) is 16.3 Å². The number of carbonyl (C=O) groups excluding carboxylic acids is 1. The van der Waals surface area contributed by atoms with E-state index in [0.717, 1.165) is 37.3 Å². The molecule has 1 N–H and O–H groups in total. The van der Waals surface area contributed by atoms with E-state index in [2.05, 4.69) is 15.3 Å². The average Bonchev–Trinajstić information content (AvgIpc) is 3.20. The van der Waals surface area contributed by atoms with E-state index in [0.29, 0.717) is 16.6 Å². The number of sulfone groups is 1. The second kappa shape index (κ2) is 9.57. The van der Waals surface area contributed by atoms with Gasteiger partial charge in [-0.25, -0.2) is 13.4 Å². The molecule has 1 aromatic carbocycles. The molecule has 1 saturated carbocycles. The molecular weight excluding hydrogens is 426 g/mol. The van der Waals surface area contributed by atoms with E-state index in [1.165, 1.54) is 12.3 Å². The lowest BCUT2D eigenvalue weighted by Crippen LogP contribution is -2.31. The van der Waals surface area contributed by atoms with Gasteiger partial charge in [0.2, 0.25) is 5.88 Å². The molecule has 0 bridgehead atoms. The number of nitrogens with one attached hydrogen (secondary N) is 1. The lowest BCUT2D eigenvalue weighted by Gasteiger charge is -2.15. The van der Waals surface area contributed by atoms with Crippen LogP contribution in [0.25, 0.3) is 0 Å². The third kappa shape index (κ3) is 6.27. The first-order chi connectivity index (χ1) is 14.2. The van der Waals surface area contributed by atoms with E-state index in [9.17, 15) is 13.2 Å². The van der Waals surface area contributed by atoms with Crippen LogP contribution in [-0.4, -0.2) is 36.6 Å². The van der Waals surface area contributed by atoms with Gasteiger partial charge in [-0.3, -0.25) is 4.79 Å². The molecule has 9 heteroatoms. The number of benzene rings is 1. The lowest BCUT2D eigenvalue weighted by atomic mass is 10.1. The van der Waals surface area contributed by atoms with Crippen LogP contribution >= 0.6 is 11.6 Å². The smallest absolute Gasteiger partial charge is 0.258 e. The van der Waals surface area contributed by atoms with Gasteiger partial charge >= 0.3 is 0 Å². The van der Waals surface area contributed by atoms with Gasteiger partial charge in [0.05, 0.1) is 0 Å². The van der Waals surface area contributed by atoms with Crippen molar-refractivity contribution in [1.29, 1.82) is 0 Å². The van der Waals surface area contributed by atoms with E-state index in [1.807, 2.05) is 0 Å². The van der Waals surface area contributed by atoms with Crippen LogP contribution in [-0.2, 0) is 9.84 Å². The molecule has 7 nitrogen and oxygen atoms in total. The van der Waals surface area contributed by atoms with Crippen molar-refractivity contribution in [2.75, 3.05) is 6.26 Å². The van der Waals surface area contributed by atoms with Crippen LogP contribution in [0.4, 0.5) is 0 Å². The summed E-state index contributed by atoms with van der Waals surface area (Å²) in [6.07, 6.45) is 8.23. The highest BCUT2D eigenvalue weighted by molar-refractivity contribution is 7.93. The Kier molecular flexibility index (Phi) is 7.10. The highest BCUT2D eigenvalue weighted by Crippen LogP contribution is 2.34. The first-order valence-corrected chi connectivity index (χ1v) is 12.0. The summed E-state index contributed by atoms with van der Waals surface area (Å²) in [6, 6.07) is 6.32. The van der Waals surface area contributed by atoms with Gasteiger partial charge in [0.1, 0.15) is 17.1 Å². The van der Waals surface area contributed by atoms with Crippen molar-refractivity contribution in [2.45, 2.75) is 44.6 Å². The van der Waals surface area contributed by atoms with Crippen LogP contribution in [0.1, 0.15) is 54.7 Å². The minimum Gasteiger partial charge on any atom is -0.438 e. The Hall–Kier alpha value is -2.45. The third-order valence-electron chi connectivity index (χ3n) is 4.72. The van der Waals surface area contributed by atoms with Gasteiger partial charge in [0, 0.05) is 34.8 Å². The number of halogens is 1. The molecule has 0 spiro atoms. The van der Waals surface area contributed by atoms with Crippen LogP contribution in [0, 0.1) is 0 Å². The Morgan fingerprint density at radius 3 is 2.73 bits per heavy atom. The van der Waals surface area contributed by atoms with Crippen LogP contribution in [0.2, 0.25) is 5.02 Å². The molecular formula is C21H24ClN3O4S. The molecule has 1 amide bonds. The molecule has 1 aliphatic rings. The highest BCUT2D eigenvalue weighted by atomic mass is 35.5. The van der Waals surface area contributed by atoms with Crippen molar-refractivity contribution in [3.8, 4) is 11.6 Å². The summed E-state index contributed by atoms with van der Waals surface area (Å²) in [6.45, 7) is 1.67. The Morgan fingerprint density at radius 1 is 1.33 bits per heavy atom. The second-order valence-electron chi connectivity index (χ2n) is 7.41. The monoisotopic (exact) mass is 449 g/mol. The first-order valence-electron chi connectivity index (χ1n) is 9.71. The van der Waals surface area contributed by atoms with Crippen LogP contribution in [0.5, 0.6) is 11.6 Å². The molecule has 1 unspecified atom stereocenters. The summed E-state index contributed by atoms with van der Waals surface area (Å²) in [7, 11) is -3.28. The van der Waals surface area contributed by atoms with Gasteiger partial charge in [0.25, 0.3) is 5.91 Å². The van der Waals surface area contributed by atoms with Gasteiger partial charge in [-0.1, -0.05) is 36.6 Å². The van der Waals surface area contributed by atoms with Crippen molar-refractivity contribution >= 4 is 27.3 Å². The van der Waals surface area contributed by atoms with Gasteiger partial charge in [-0.15, -0.1) is 0 Å². The summed E-state index contributed by atoms with van der Waals surface area (Å²) < 4.78 is 28.5. The number of rotatable bonds is 7. The Balaban J connectivity index is 1.87. The first kappa shape index (κ1) is 22.2. The minimum atomic E-state index is -3.28. The molecule has 1 aliphatic carbocycles. The van der Waals surface area contributed by atoms with E-state index >= 15 is 0 Å². The Labute approximate surface area is 181 Å². The molecule has 1 atom stereocenters. The molecule has 160 valence electrons. The van der Waals surface area contributed by atoms with Crippen molar-refractivity contribution in [3.63, 3.8) is 0 Å². The number of amides is 1. The number of ether oxygens (including phenoxy) is 1. The average molecular weight is 450 g/mol. The van der Waals surface area contributed by atoms with Crippen molar-refractivity contribution in [3.05, 3.63) is 58.4 Å². The minimum absolute atomic E-state index is 0.144. The number of aromatic nitrogens is 2. The number of hydrogen-bond donors (Lipinski definition) is 1. The Bertz CT molecular complexity index is 1050. The molecule has 0 saturated heterocycles. The summed E-state index contributed by atoms with van der Waals surface area (Å²) in [5, 5.41) is 4.28. The second-order valence-corrected chi connectivity index (χ2v) is 9.78. The third-order valence-corrected chi connectivity index (χ3v) is 5.61. The maximum absolute atomic E-state index is 12.8. The lowest BCUT2D eigenvalue weighted by molar-refractivity contribution is 0.0943. The number of carbonyl (C=O) groups is 1. The molecule has 0 radical (unpaired) electrons. The normalized spacial score (nSPS) is 16.0. The van der Waals surface area contributed by atoms with Gasteiger partial charge < -0.3 is 10.1 Å². The molecule has 0 aliphatic heterocycles. The van der Waals surface area contributed by atoms with Crippen molar-refractivity contribution in [1.82, 2.24) is 15.3 Å². The van der Waals surface area contributed by atoms with E-state index in [-0.39, 0.29) is 17.4 Å². The van der Waals surface area contributed by atoms with Crippen LogP contribution in [0.15, 0.2) is 41.9 Å². The standard InChI is InChI=1S/C21H24ClN3O4S/c1-14(10-11-30(2,27)28)24-20(26)18-13-23-19(15-6-3-4-7-15)25-21(18)29-17-9-5-8-16(22)12-17/h5,8-15H,3-4,6-7H2,1-2H3,(H,24,26)/b11-10+. The highest BCUT2D eigenvalue weighted by Gasteiger charge is 2.24. The molecule has 2 aromatic rings. The zero-order chi connectivity index (χ0) is 21.7. The predicted molar refractivity (Wildman–Crippen MR) is 116 cm³/mol. The Morgan fingerprint density at radius 2 is 2.07 bits per heavy atom. The maximum Gasteiger partial charge on any atom is 0.258 e. The molecule has 1 aromatic heterocycles. The molecule has 1 fully saturated rings. The summed E-state index contributed by atoms with van der Waals surface area (Å²) in [5.41, 5.74) is 0.163. The molecule has 30 heavy (non-hydrogen) atoms. The van der Waals surface area contributed by atoms with Crippen LogP contribution in [0.3, 0.4) is 0 Å². The van der Waals surface area contributed by atoms with Crippen LogP contribution < -0.4 is 10.1 Å². The zero-order valence-electron chi connectivity index (χ0n) is 16.8. The largest absolute Gasteiger partial charge is 0.438 e. The van der Waals surface area contributed by atoms with Gasteiger partial charge in [0.15, 0.2) is 9.84 Å². The topological polar surface area (TPSA) is 98.2 Å². The fraction of sp³-hybridized carbons (Fsp3) is 0.381. The number of hydrogen-bond acceptors (Lipinski definition) is 6. The molecule has 1 heterocycles. The summed E-state index contributed by atoms with van der Waals surface area (Å²) in [4.78, 5) is 21.8. The fourth-order valence-electron chi connectivity index (χ4n) is 3.23. The van der Waals surface area contributed by atoms with Crippen molar-refractivity contribution in [2.24, 2.45) is 0 Å². The molecule has 3 rings (SSSR count). The summed E-state index contributed by atoms with van der Waals surface area (Å²) >= 11 is 6.04. The summed E-state index contributed by atoms with van der Waals surface area (Å²) in [5.74, 6) is 1.05. The van der Waals surface area contributed by atoms with E-state index in [1.54, 1.807) is 31.2 Å². The zero-order valence-corrected chi connectivity index (χ0v) is 18.4. The van der Waals surface area contributed by atoms with Crippen molar-refractivity contribution < 1.29 is 17.9 Å². The number of nitrogens with zero attached hydrogens (tertiary/aromatic N) is 2. The quantitative estimate of drug-likeness (QED) is 0.678. The van der Waals surface area contributed by atoms with E-state index < -0.39 is 21.8 Å².